The molecule has 0 radical (unpaired) electrons. The van der Waals surface area contributed by atoms with Crippen LogP contribution in [0.15, 0.2) is 16.9 Å². The summed E-state index contributed by atoms with van der Waals surface area (Å²) in [4.78, 5) is 4.19. The summed E-state index contributed by atoms with van der Waals surface area (Å²) in [6, 6.07) is 0. The Kier molecular flexibility index (Phi) is 2.73. The Bertz CT molecular complexity index is 448. The third kappa shape index (κ3) is 2.18. The fourth-order valence-electron chi connectivity index (χ4n) is 1.33. The summed E-state index contributed by atoms with van der Waals surface area (Å²) in [6.07, 6.45) is 3.27. The van der Waals surface area contributed by atoms with Crippen molar-refractivity contribution in [3.63, 3.8) is 0 Å². The van der Waals surface area contributed by atoms with Crippen LogP contribution in [0, 0.1) is 6.92 Å². The molecule has 0 aromatic carbocycles. The normalized spacial score (nSPS) is 13.0. The summed E-state index contributed by atoms with van der Waals surface area (Å²) < 4.78 is 6.83. The lowest BCUT2D eigenvalue weighted by Crippen LogP contribution is -2.07. The maximum atomic E-state index is 5.98. The van der Waals surface area contributed by atoms with Gasteiger partial charge in [-0.05, 0) is 6.92 Å². The van der Waals surface area contributed by atoms with Gasteiger partial charge in [0.05, 0.1) is 23.8 Å². The van der Waals surface area contributed by atoms with Gasteiger partial charge in [-0.3, -0.25) is 0 Å². The number of hydrogen-bond acceptors (Lipinski definition) is 4. The topological polar surface area (TPSA) is 56.7 Å². The number of aromatic nitrogens is 4. The zero-order valence-corrected chi connectivity index (χ0v) is 9.27. The van der Waals surface area contributed by atoms with Crippen LogP contribution in [-0.2, 0) is 6.54 Å². The maximum absolute atomic E-state index is 5.98. The quantitative estimate of drug-likeness (QED) is 0.751. The first kappa shape index (κ1) is 10.2. The van der Waals surface area contributed by atoms with Crippen molar-refractivity contribution < 1.29 is 4.42 Å². The van der Waals surface area contributed by atoms with Gasteiger partial charge in [0.1, 0.15) is 12.0 Å². The van der Waals surface area contributed by atoms with E-state index < -0.39 is 0 Å². The molecule has 2 aromatic rings. The molecule has 2 heterocycles. The number of aryl methyl sites for hydroxylation is 1. The number of alkyl halides is 1. The van der Waals surface area contributed by atoms with Crippen molar-refractivity contribution in [1.29, 1.82) is 0 Å². The summed E-state index contributed by atoms with van der Waals surface area (Å²) in [5.74, 6) is 0.644. The van der Waals surface area contributed by atoms with Gasteiger partial charge in [-0.1, -0.05) is 5.21 Å². The summed E-state index contributed by atoms with van der Waals surface area (Å²) in [5.41, 5.74) is 1.69. The minimum Gasteiger partial charge on any atom is -0.449 e. The Labute approximate surface area is 92.1 Å². The first-order valence-electron chi connectivity index (χ1n) is 4.60. The van der Waals surface area contributed by atoms with Crippen LogP contribution in [0.4, 0.5) is 0 Å². The van der Waals surface area contributed by atoms with E-state index in [0.717, 1.165) is 11.4 Å². The van der Waals surface area contributed by atoms with Crippen molar-refractivity contribution in [2.75, 3.05) is 0 Å². The minimum atomic E-state index is -0.118. The SMILES string of the molecule is Cc1nc(Cn2nncc2C(C)Cl)co1. The van der Waals surface area contributed by atoms with Gasteiger partial charge in [-0.25, -0.2) is 9.67 Å². The zero-order valence-electron chi connectivity index (χ0n) is 8.51. The van der Waals surface area contributed by atoms with Gasteiger partial charge in [0.25, 0.3) is 0 Å². The van der Waals surface area contributed by atoms with E-state index in [9.17, 15) is 0 Å². The van der Waals surface area contributed by atoms with Crippen LogP contribution in [0.3, 0.4) is 0 Å². The second-order valence-corrected chi connectivity index (χ2v) is 3.95. The van der Waals surface area contributed by atoms with Gasteiger partial charge in [-0.15, -0.1) is 16.7 Å². The van der Waals surface area contributed by atoms with Crippen LogP contribution in [-0.4, -0.2) is 20.0 Å². The van der Waals surface area contributed by atoms with E-state index in [4.69, 9.17) is 16.0 Å². The minimum absolute atomic E-state index is 0.118. The highest BCUT2D eigenvalue weighted by Crippen LogP contribution is 2.18. The number of oxazole rings is 1. The molecule has 15 heavy (non-hydrogen) atoms. The highest BCUT2D eigenvalue weighted by Gasteiger charge is 2.11. The summed E-state index contributed by atoms with van der Waals surface area (Å²) in [6.45, 7) is 4.21. The molecule has 0 spiro atoms. The van der Waals surface area contributed by atoms with E-state index in [1.807, 2.05) is 6.92 Å². The molecule has 2 aromatic heterocycles. The molecule has 1 unspecified atom stereocenters. The highest BCUT2D eigenvalue weighted by atomic mass is 35.5. The largest absolute Gasteiger partial charge is 0.449 e. The van der Waals surface area contributed by atoms with Crippen molar-refractivity contribution in [1.82, 2.24) is 20.0 Å². The highest BCUT2D eigenvalue weighted by molar-refractivity contribution is 6.20. The van der Waals surface area contributed by atoms with Gasteiger partial charge in [0.2, 0.25) is 0 Å². The lowest BCUT2D eigenvalue weighted by atomic mass is 10.3. The Morgan fingerprint density at radius 3 is 3.00 bits per heavy atom. The van der Waals surface area contributed by atoms with E-state index in [2.05, 4.69) is 15.3 Å². The van der Waals surface area contributed by atoms with E-state index in [0.29, 0.717) is 12.4 Å². The molecule has 0 N–H and O–H groups in total. The van der Waals surface area contributed by atoms with Crippen LogP contribution < -0.4 is 0 Å². The molecule has 0 fully saturated rings. The monoisotopic (exact) mass is 226 g/mol. The lowest BCUT2D eigenvalue weighted by Gasteiger charge is -2.04. The number of nitrogens with zero attached hydrogens (tertiary/aromatic N) is 4. The molecule has 0 aliphatic rings. The van der Waals surface area contributed by atoms with Crippen LogP contribution in [0.25, 0.3) is 0 Å². The molecule has 6 heteroatoms. The molecule has 0 saturated carbocycles. The molecular formula is C9H11ClN4O. The van der Waals surface area contributed by atoms with Crippen LogP contribution in [0.1, 0.15) is 29.6 Å². The third-order valence-electron chi connectivity index (χ3n) is 2.03. The van der Waals surface area contributed by atoms with Crippen molar-refractivity contribution in [2.45, 2.75) is 25.8 Å². The van der Waals surface area contributed by atoms with Gasteiger partial charge in [-0.2, -0.15) is 0 Å². The Morgan fingerprint density at radius 1 is 1.60 bits per heavy atom. The predicted octanol–water partition coefficient (Wildman–Crippen LogP) is 1.92. The second kappa shape index (κ2) is 4.02. The van der Waals surface area contributed by atoms with Gasteiger partial charge in [0, 0.05) is 6.92 Å². The average Bonchev–Trinajstić information content (AvgIpc) is 2.75. The van der Waals surface area contributed by atoms with Crippen molar-refractivity contribution in [2.24, 2.45) is 0 Å². The van der Waals surface area contributed by atoms with Crippen molar-refractivity contribution >= 4 is 11.6 Å². The number of rotatable bonds is 3. The van der Waals surface area contributed by atoms with E-state index in [-0.39, 0.29) is 5.38 Å². The molecule has 0 bridgehead atoms. The molecule has 80 valence electrons. The predicted molar refractivity (Wildman–Crippen MR) is 54.6 cm³/mol. The molecular weight excluding hydrogens is 216 g/mol. The fraction of sp³-hybridized carbons (Fsp3) is 0.444. The molecule has 0 amide bonds. The standard InChI is InChI=1S/C9H11ClN4O/c1-6(10)9-3-11-13-14(9)4-8-5-15-7(2)12-8/h3,5-6H,4H2,1-2H3. The van der Waals surface area contributed by atoms with Crippen molar-refractivity contribution in [3.8, 4) is 0 Å². The molecule has 2 rings (SSSR count). The molecule has 1 atom stereocenters. The van der Waals surface area contributed by atoms with Crippen LogP contribution in [0.5, 0.6) is 0 Å². The Hall–Kier alpha value is -1.36. The second-order valence-electron chi connectivity index (χ2n) is 3.29. The fourth-order valence-corrected chi connectivity index (χ4v) is 1.50. The Balaban J connectivity index is 2.20. The average molecular weight is 227 g/mol. The molecule has 0 aliphatic heterocycles. The first-order valence-corrected chi connectivity index (χ1v) is 5.04. The summed E-state index contributed by atoms with van der Waals surface area (Å²) in [5, 5.41) is 7.64. The van der Waals surface area contributed by atoms with Crippen molar-refractivity contribution in [3.05, 3.63) is 29.7 Å². The maximum Gasteiger partial charge on any atom is 0.191 e. The number of hydrogen-bond donors (Lipinski definition) is 0. The van der Waals surface area contributed by atoms with Gasteiger partial charge < -0.3 is 4.42 Å². The molecule has 5 nitrogen and oxygen atoms in total. The Morgan fingerprint density at radius 2 is 2.40 bits per heavy atom. The first-order chi connectivity index (χ1) is 7.16. The molecule has 0 aliphatic carbocycles. The van der Waals surface area contributed by atoms with Gasteiger partial charge >= 0.3 is 0 Å². The van der Waals surface area contributed by atoms with Crippen LogP contribution in [0.2, 0.25) is 0 Å². The van der Waals surface area contributed by atoms with E-state index in [1.165, 1.54) is 0 Å². The smallest absolute Gasteiger partial charge is 0.191 e. The third-order valence-corrected chi connectivity index (χ3v) is 2.26. The summed E-state index contributed by atoms with van der Waals surface area (Å²) in [7, 11) is 0. The van der Waals surface area contributed by atoms with Gasteiger partial charge in [0.15, 0.2) is 5.89 Å². The lowest BCUT2D eigenvalue weighted by molar-refractivity contribution is 0.519. The van der Waals surface area contributed by atoms with E-state index in [1.54, 1.807) is 24.1 Å². The number of halogens is 1. The summed E-state index contributed by atoms with van der Waals surface area (Å²) >= 11 is 5.98. The van der Waals surface area contributed by atoms with E-state index >= 15 is 0 Å². The molecule has 0 saturated heterocycles. The zero-order chi connectivity index (χ0) is 10.8. The van der Waals surface area contributed by atoms with Crippen LogP contribution >= 0.6 is 11.6 Å².